The number of nitrogens with zero attached hydrogens (tertiary/aromatic N) is 3. The van der Waals surface area contributed by atoms with Crippen LogP contribution >= 0.6 is 0 Å². The average molecular weight is 281 g/mol. The Kier molecular flexibility index (Phi) is 4.39. The molecule has 1 unspecified atom stereocenters. The smallest absolute Gasteiger partial charge is 0.323 e. The van der Waals surface area contributed by atoms with E-state index in [1.807, 2.05) is 0 Å². The van der Waals surface area contributed by atoms with E-state index < -0.39 is 4.92 Å². The first kappa shape index (κ1) is 14.5. The Morgan fingerprint density at radius 1 is 1.55 bits per heavy atom. The van der Waals surface area contributed by atoms with Gasteiger partial charge in [0.15, 0.2) is 5.69 Å². The molecular weight excluding hydrogens is 262 g/mol. The molecule has 2 heterocycles. The van der Waals surface area contributed by atoms with Gasteiger partial charge in [-0.3, -0.25) is 4.79 Å². The molecule has 1 aromatic heterocycles. The fourth-order valence-corrected chi connectivity index (χ4v) is 2.73. The van der Waals surface area contributed by atoms with E-state index in [0.29, 0.717) is 31.1 Å². The van der Waals surface area contributed by atoms with Gasteiger partial charge in [-0.25, -0.2) is 4.57 Å². The maximum atomic E-state index is 12.4. The number of carbonyl (C=O) groups excluding carboxylic acids is 1. The van der Waals surface area contributed by atoms with Crippen LogP contribution in [-0.4, -0.2) is 45.1 Å². The van der Waals surface area contributed by atoms with Gasteiger partial charge in [-0.05, 0) is 36.2 Å². The summed E-state index contributed by atoms with van der Waals surface area (Å²) in [6.07, 6.45) is 2.61. The van der Waals surface area contributed by atoms with Gasteiger partial charge in [0.2, 0.25) is 0 Å². The first-order valence-corrected chi connectivity index (χ1v) is 6.75. The summed E-state index contributed by atoms with van der Waals surface area (Å²) in [6, 6.07) is 2.85. The highest BCUT2D eigenvalue weighted by atomic mass is 16.6. The number of hydrogen-bond donors (Lipinski definition) is 1. The van der Waals surface area contributed by atoms with Gasteiger partial charge in [-0.1, -0.05) is 0 Å². The molecule has 1 fully saturated rings. The second-order valence-electron chi connectivity index (χ2n) is 5.16. The van der Waals surface area contributed by atoms with E-state index in [4.69, 9.17) is 5.11 Å². The van der Waals surface area contributed by atoms with Crippen LogP contribution in [0.25, 0.3) is 0 Å². The minimum atomic E-state index is -0.498. The van der Waals surface area contributed by atoms with Crippen molar-refractivity contribution >= 4 is 11.7 Å². The van der Waals surface area contributed by atoms with Crippen LogP contribution in [0.3, 0.4) is 0 Å². The Bertz CT molecular complexity index is 510. The molecule has 0 spiro atoms. The minimum absolute atomic E-state index is 0.0859. The van der Waals surface area contributed by atoms with Crippen molar-refractivity contribution in [1.82, 2.24) is 9.47 Å². The second-order valence-corrected chi connectivity index (χ2v) is 5.16. The third-order valence-electron chi connectivity index (χ3n) is 3.85. The van der Waals surface area contributed by atoms with Crippen LogP contribution < -0.4 is 0 Å². The fourth-order valence-electron chi connectivity index (χ4n) is 2.73. The van der Waals surface area contributed by atoms with E-state index in [0.717, 1.165) is 12.8 Å². The first-order valence-electron chi connectivity index (χ1n) is 6.75. The standard InChI is InChI=1S/C13H19N3O4/c1-14-11(4-5-12(14)16(19)20)13(18)15-7-2-3-10(9-15)6-8-17/h4-5,10,17H,2-3,6-9H2,1H3. The van der Waals surface area contributed by atoms with Gasteiger partial charge >= 0.3 is 5.82 Å². The minimum Gasteiger partial charge on any atom is -0.396 e. The summed E-state index contributed by atoms with van der Waals surface area (Å²) in [5.74, 6) is 0.0495. The SMILES string of the molecule is Cn1c(C(=O)N2CCCC(CCO)C2)ccc1[N+](=O)[O-]. The summed E-state index contributed by atoms with van der Waals surface area (Å²) in [7, 11) is 1.53. The van der Waals surface area contributed by atoms with Crippen molar-refractivity contribution in [3.63, 3.8) is 0 Å². The fraction of sp³-hybridized carbons (Fsp3) is 0.615. The number of aliphatic hydroxyl groups is 1. The molecule has 1 saturated heterocycles. The number of aromatic nitrogens is 1. The van der Waals surface area contributed by atoms with E-state index >= 15 is 0 Å². The molecule has 1 aromatic rings. The molecule has 0 radical (unpaired) electrons. The zero-order valence-corrected chi connectivity index (χ0v) is 11.5. The molecule has 110 valence electrons. The van der Waals surface area contributed by atoms with E-state index in [9.17, 15) is 14.9 Å². The first-order chi connectivity index (χ1) is 9.54. The Hall–Kier alpha value is -1.89. The summed E-state index contributed by atoms with van der Waals surface area (Å²) in [6.45, 7) is 1.40. The number of hydrogen-bond acceptors (Lipinski definition) is 4. The average Bonchev–Trinajstić information content (AvgIpc) is 2.80. The molecule has 0 aromatic carbocycles. The molecule has 7 heteroatoms. The predicted octanol–water partition coefficient (Wildman–Crippen LogP) is 1.17. The lowest BCUT2D eigenvalue weighted by Gasteiger charge is -2.32. The summed E-state index contributed by atoms with van der Waals surface area (Å²) >= 11 is 0. The van der Waals surface area contributed by atoms with Crippen LogP contribution in [0.1, 0.15) is 29.8 Å². The van der Waals surface area contributed by atoms with Gasteiger partial charge in [0, 0.05) is 25.8 Å². The molecule has 2 rings (SSSR count). The van der Waals surface area contributed by atoms with Crippen molar-refractivity contribution in [2.75, 3.05) is 19.7 Å². The highest BCUT2D eigenvalue weighted by Crippen LogP contribution is 2.22. The lowest BCUT2D eigenvalue weighted by atomic mass is 9.95. The number of aliphatic hydroxyl groups excluding tert-OH is 1. The predicted molar refractivity (Wildman–Crippen MR) is 72.4 cm³/mol. The molecule has 20 heavy (non-hydrogen) atoms. The van der Waals surface area contributed by atoms with Gasteiger partial charge in [-0.2, -0.15) is 0 Å². The third kappa shape index (κ3) is 2.82. The Labute approximate surface area is 116 Å². The topological polar surface area (TPSA) is 88.6 Å². The van der Waals surface area contributed by atoms with Gasteiger partial charge in [-0.15, -0.1) is 0 Å². The molecule has 1 N–H and O–H groups in total. The maximum absolute atomic E-state index is 12.4. The van der Waals surface area contributed by atoms with Crippen molar-refractivity contribution in [2.45, 2.75) is 19.3 Å². The number of amides is 1. The second kappa shape index (κ2) is 6.04. The Morgan fingerprint density at radius 2 is 2.30 bits per heavy atom. The van der Waals surface area contributed by atoms with Crippen LogP contribution in [0, 0.1) is 16.0 Å². The Morgan fingerprint density at radius 3 is 2.90 bits per heavy atom. The number of piperidine rings is 1. The molecular formula is C13H19N3O4. The third-order valence-corrected chi connectivity index (χ3v) is 3.85. The monoisotopic (exact) mass is 281 g/mol. The summed E-state index contributed by atoms with van der Waals surface area (Å²) in [5.41, 5.74) is 0.335. The number of nitro groups is 1. The zero-order chi connectivity index (χ0) is 14.7. The highest BCUT2D eigenvalue weighted by molar-refractivity contribution is 5.93. The molecule has 1 atom stereocenters. The lowest BCUT2D eigenvalue weighted by molar-refractivity contribution is -0.391. The van der Waals surface area contributed by atoms with Crippen LogP contribution in [0.4, 0.5) is 5.82 Å². The van der Waals surface area contributed by atoms with Crippen molar-refractivity contribution < 1.29 is 14.8 Å². The van der Waals surface area contributed by atoms with Crippen molar-refractivity contribution in [1.29, 1.82) is 0 Å². The van der Waals surface area contributed by atoms with E-state index in [1.165, 1.54) is 23.7 Å². The number of likely N-dealkylation sites (tertiary alicyclic amines) is 1. The van der Waals surface area contributed by atoms with Crippen molar-refractivity contribution in [3.05, 3.63) is 27.9 Å². The van der Waals surface area contributed by atoms with E-state index in [1.54, 1.807) is 4.90 Å². The highest BCUT2D eigenvalue weighted by Gasteiger charge is 2.28. The van der Waals surface area contributed by atoms with Crippen LogP contribution in [0.5, 0.6) is 0 Å². The Balaban J connectivity index is 2.13. The molecule has 7 nitrogen and oxygen atoms in total. The molecule has 1 aliphatic rings. The summed E-state index contributed by atoms with van der Waals surface area (Å²) in [4.78, 5) is 24.5. The number of carbonyl (C=O) groups is 1. The molecule has 0 saturated carbocycles. The molecule has 1 amide bonds. The van der Waals surface area contributed by atoms with Crippen LogP contribution in [0.2, 0.25) is 0 Å². The quantitative estimate of drug-likeness (QED) is 0.662. The van der Waals surface area contributed by atoms with Crippen molar-refractivity contribution in [3.8, 4) is 0 Å². The lowest BCUT2D eigenvalue weighted by Crippen LogP contribution is -2.40. The summed E-state index contributed by atoms with van der Waals surface area (Å²) < 4.78 is 1.32. The van der Waals surface area contributed by atoms with Crippen LogP contribution in [-0.2, 0) is 7.05 Å². The molecule has 1 aliphatic heterocycles. The zero-order valence-electron chi connectivity index (χ0n) is 11.5. The normalized spacial score (nSPS) is 19.1. The van der Waals surface area contributed by atoms with Crippen LogP contribution in [0.15, 0.2) is 12.1 Å². The van der Waals surface area contributed by atoms with E-state index in [2.05, 4.69) is 0 Å². The molecule has 0 aliphatic carbocycles. The largest absolute Gasteiger partial charge is 0.396 e. The molecule has 0 bridgehead atoms. The van der Waals surface area contributed by atoms with E-state index in [-0.39, 0.29) is 18.3 Å². The van der Waals surface area contributed by atoms with Gasteiger partial charge in [0.05, 0.1) is 7.05 Å². The summed E-state index contributed by atoms with van der Waals surface area (Å²) in [5, 5.41) is 19.8. The van der Waals surface area contributed by atoms with Gasteiger partial charge in [0.25, 0.3) is 5.91 Å². The maximum Gasteiger partial charge on any atom is 0.323 e. The van der Waals surface area contributed by atoms with Crippen molar-refractivity contribution in [2.24, 2.45) is 13.0 Å². The van der Waals surface area contributed by atoms with Gasteiger partial charge < -0.3 is 20.1 Å². The number of rotatable bonds is 4. The van der Waals surface area contributed by atoms with Gasteiger partial charge in [0.1, 0.15) is 0 Å².